The zero-order chi connectivity index (χ0) is 16.1. The molecule has 0 aliphatic rings. The minimum atomic E-state index is -0.292. The molecule has 5 heteroatoms. The second kappa shape index (κ2) is 7.65. The van der Waals surface area contributed by atoms with E-state index in [0.717, 1.165) is 10.5 Å². The van der Waals surface area contributed by atoms with Gasteiger partial charge in [0.1, 0.15) is 5.82 Å². The predicted octanol–water partition coefficient (Wildman–Crippen LogP) is 4.62. The van der Waals surface area contributed by atoms with E-state index in [0.29, 0.717) is 11.6 Å². The average molecular weight is 338 g/mol. The van der Waals surface area contributed by atoms with Crippen molar-refractivity contribution in [3.05, 3.63) is 64.9 Å². The van der Waals surface area contributed by atoms with Gasteiger partial charge >= 0.3 is 0 Å². The number of carbonyl (C=O) groups is 1. The zero-order valence-electron chi connectivity index (χ0n) is 12.4. The molecule has 2 nitrogen and oxygen atoms in total. The molecular weight excluding hydrogens is 321 g/mol. The van der Waals surface area contributed by atoms with E-state index < -0.39 is 0 Å². The van der Waals surface area contributed by atoms with Crippen LogP contribution in [0.3, 0.4) is 0 Å². The molecule has 0 aromatic heterocycles. The van der Waals surface area contributed by atoms with Gasteiger partial charge in [-0.05, 0) is 42.8 Å². The number of benzene rings is 2. The summed E-state index contributed by atoms with van der Waals surface area (Å²) in [6.45, 7) is 2.24. The maximum absolute atomic E-state index is 13.2. The highest BCUT2D eigenvalue weighted by Gasteiger charge is 2.19. The summed E-state index contributed by atoms with van der Waals surface area (Å²) in [6, 6.07) is 13.7. The van der Waals surface area contributed by atoms with Crippen LogP contribution >= 0.6 is 23.4 Å². The van der Waals surface area contributed by atoms with Crippen LogP contribution in [0.4, 0.5) is 4.39 Å². The Balaban J connectivity index is 1.97. The summed E-state index contributed by atoms with van der Waals surface area (Å²) < 4.78 is 13.2. The lowest BCUT2D eigenvalue weighted by Crippen LogP contribution is -2.32. The molecule has 0 radical (unpaired) electrons. The third-order valence-electron chi connectivity index (χ3n) is 3.14. The molecule has 0 bridgehead atoms. The topological polar surface area (TPSA) is 20.3 Å². The fourth-order valence-electron chi connectivity index (χ4n) is 2.09. The third-order valence-corrected chi connectivity index (χ3v) is 4.46. The van der Waals surface area contributed by atoms with Crippen molar-refractivity contribution in [2.45, 2.75) is 23.6 Å². The fraction of sp³-hybridized carbons (Fsp3) is 0.235. The van der Waals surface area contributed by atoms with Gasteiger partial charge in [-0.25, -0.2) is 4.39 Å². The number of nitrogens with zero attached hydrogens (tertiary/aromatic N) is 1. The van der Waals surface area contributed by atoms with Crippen molar-refractivity contribution >= 4 is 29.3 Å². The number of hydrogen-bond donors (Lipinski definition) is 0. The second-order valence-corrected chi connectivity index (χ2v) is 6.89. The molecule has 0 saturated heterocycles. The lowest BCUT2D eigenvalue weighted by molar-refractivity contribution is -0.129. The van der Waals surface area contributed by atoms with Crippen molar-refractivity contribution < 1.29 is 9.18 Å². The summed E-state index contributed by atoms with van der Waals surface area (Å²) in [6.07, 6.45) is 0. The number of amides is 1. The summed E-state index contributed by atoms with van der Waals surface area (Å²) in [7, 11) is 1.72. The summed E-state index contributed by atoms with van der Waals surface area (Å²) in [5, 5.41) is 0.412. The molecule has 0 spiro atoms. The van der Waals surface area contributed by atoms with E-state index in [9.17, 15) is 9.18 Å². The molecule has 22 heavy (non-hydrogen) atoms. The van der Waals surface area contributed by atoms with Crippen molar-refractivity contribution in [2.24, 2.45) is 0 Å². The van der Waals surface area contributed by atoms with Crippen LogP contribution in [-0.4, -0.2) is 23.1 Å². The molecule has 1 atom stereocenters. The third kappa shape index (κ3) is 4.75. The first-order valence-corrected chi connectivity index (χ1v) is 8.13. The maximum atomic E-state index is 13.2. The maximum Gasteiger partial charge on any atom is 0.235 e. The van der Waals surface area contributed by atoms with Gasteiger partial charge < -0.3 is 4.90 Å². The van der Waals surface area contributed by atoms with Crippen LogP contribution in [-0.2, 0) is 11.3 Å². The molecule has 1 amide bonds. The van der Waals surface area contributed by atoms with Gasteiger partial charge in [0, 0.05) is 23.5 Å². The first-order chi connectivity index (χ1) is 10.5. The van der Waals surface area contributed by atoms with Crippen LogP contribution in [0.2, 0.25) is 5.02 Å². The lowest BCUT2D eigenvalue weighted by atomic mass is 10.2. The van der Waals surface area contributed by atoms with Crippen LogP contribution in [0.5, 0.6) is 0 Å². The van der Waals surface area contributed by atoms with Crippen LogP contribution in [0.15, 0.2) is 53.4 Å². The van der Waals surface area contributed by atoms with Gasteiger partial charge in [0.25, 0.3) is 0 Å². The van der Waals surface area contributed by atoms with Gasteiger partial charge in [-0.2, -0.15) is 0 Å². The zero-order valence-corrected chi connectivity index (χ0v) is 14.0. The summed E-state index contributed by atoms with van der Waals surface area (Å²) in [4.78, 5) is 15.0. The smallest absolute Gasteiger partial charge is 0.235 e. The predicted molar refractivity (Wildman–Crippen MR) is 89.6 cm³/mol. The van der Waals surface area contributed by atoms with E-state index in [1.807, 2.05) is 31.2 Å². The quantitative estimate of drug-likeness (QED) is 0.742. The Kier molecular flexibility index (Phi) is 5.86. The number of halogens is 2. The highest BCUT2D eigenvalue weighted by molar-refractivity contribution is 8.00. The molecule has 1 unspecified atom stereocenters. The Morgan fingerprint density at radius 2 is 2.00 bits per heavy atom. The average Bonchev–Trinajstić information content (AvgIpc) is 2.46. The van der Waals surface area contributed by atoms with E-state index >= 15 is 0 Å². The van der Waals surface area contributed by atoms with Gasteiger partial charge in [-0.15, -0.1) is 11.8 Å². The van der Waals surface area contributed by atoms with Crippen molar-refractivity contribution in [2.75, 3.05) is 7.05 Å². The molecule has 0 aliphatic heterocycles. The monoisotopic (exact) mass is 337 g/mol. The molecule has 0 fully saturated rings. The van der Waals surface area contributed by atoms with Gasteiger partial charge in [0.05, 0.1) is 5.25 Å². The van der Waals surface area contributed by atoms with Gasteiger partial charge in [0.15, 0.2) is 0 Å². The largest absolute Gasteiger partial charge is 0.340 e. The molecule has 0 saturated carbocycles. The molecule has 116 valence electrons. The molecule has 2 rings (SSSR count). The summed E-state index contributed by atoms with van der Waals surface area (Å²) in [5.74, 6) is -0.297. The molecule has 0 N–H and O–H groups in total. The van der Waals surface area contributed by atoms with Gasteiger partial charge in [-0.3, -0.25) is 4.79 Å². The SMILES string of the molecule is CC(Sc1cccc(Cl)c1)C(=O)N(C)Cc1cccc(F)c1. The minimum absolute atomic E-state index is 0.00534. The van der Waals surface area contributed by atoms with Crippen molar-refractivity contribution in [1.29, 1.82) is 0 Å². The summed E-state index contributed by atoms with van der Waals surface area (Å²) >= 11 is 7.41. The highest BCUT2D eigenvalue weighted by atomic mass is 35.5. The Morgan fingerprint density at radius 3 is 2.68 bits per heavy atom. The molecule has 2 aromatic rings. The Hall–Kier alpha value is -1.52. The summed E-state index contributed by atoms with van der Waals surface area (Å²) in [5.41, 5.74) is 0.774. The first-order valence-electron chi connectivity index (χ1n) is 6.87. The Morgan fingerprint density at radius 1 is 1.27 bits per heavy atom. The minimum Gasteiger partial charge on any atom is -0.340 e. The van der Waals surface area contributed by atoms with Crippen LogP contribution in [0, 0.1) is 5.82 Å². The standard InChI is InChI=1S/C17H17ClFNOS/c1-12(22-16-8-4-6-14(18)10-16)17(21)20(2)11-13-5-3-7-15(19)9-13/h3-10,12H,11H2,1-2H3. The van der Waals surface area contributed by atoms with E-state index in [-0.39, 0.29) is 17.0 Å². The Labute approximate surface area is 139 Å². The van der Waals surface area contributed by atoms with E-state index in [1.165, 1.54) is 23.9 Å². The van der Waals surface area contributed by atoms with Gasteiger partial charge in [0.2, 0.25) is 5.91 Å². The van der Waals surface area contributed by atoms with E-state index in [4.69, 9.17) is 11.6 Å². The second-order valence-electron chi connectivity index (χ2n) is 5.04. The number of thioether (sulfide) groups is 1. The highest BCUT2D eigenvalue weighted by Crippen LogP contribution is 2.26. The van der Waals surface area contributed by atoms with E-state index in [2.05, 4.69) is 0 Å². The van der Waals surface area contributed by atoms with Crippen LogP contribution in [0.25, 0.3) is 0 Å². The molecular formula is C17H17ClFNOS. The normalized spacial score (nSPS) is 12.0. The van der Waals surface area contributed by atoms with Crippen molar-refractivity contribution in [3.8, 4) is 0 Å². The van der Waals surface area contributed by atoms with E-state index in [1.54, 1.807) is 24.1 Å². The molecule has 2 aromatic carbocycles. The van der Waals surface area contributed by atoms with Crippen molar-refractivity contribution in [3.63, 3.8) is 0 Å². The first kappa shape index (κ1) is 16.8. The number of carbonyl (C=O) groups excluding carboxylic acids is 1. The Bertz CT molecular complexity index is 609. The van der Waals surface area contributed by atoms with Crippen LogP contribution in [0.1, 0.15) is 12.5 Å². The fourth-order valence-corrected chi connectivity index (χ4v) is 3.39. The van der Waals surface area contributed by atoms with Crippen LogP contribution < -0.4 is 0 Å². The van der Waals surface area contributed by atoms with Gasteiger partial charge in [-0.1, -0.05) is 29.8 Å². The lowest BCUT2D eigenvalue weighted by Gasteiger charge is -2.21. The molecule has 0 aliphatic carbocycles. The number of rotatable bonds is 5. The number of hydrogen-bond acceptors (Lipinski definition) is 2. The van der Waals surface area contributed by atoms with Crippen molar-refractivity contribution in [1.82, 2.24) is 4.90 Å². The molecule has 0 heterocycles.